The van der Waals surface area contributed by atoms with Gasteiger partial charge in [-0.05, 0) is 59.9 Å². The number of carboxylic acid groups (broad SMARTS) is 1. The van der Waals surface area contributed by atoms with Crippen LogP contribution in [0.15, 0.2) is 48.7 Å². The van der Waals surface area contributed by atoms with Crippen LogP contribution in [0.2, 0.25) is 0 Å². The summed E-state index contributed by atoms with van der Waals surface area (Å²) in [4.78, 5) is 15.4. The van der Waals surface area contributed by atoms with Gasteiger partial charge in [-0.15, -0.1) is 0 Å². The molecule has 0 saturated heterocycles. The Morgan fingerprint density at radius 2 is 1.88 bits per heavy atom. The highest BCUT2D eigenvalue weighted by Gasteiger charge is 2.38. The number of pyridine rings is 1. The van der Waals surface area contributed by atoms with Crippen LogP contribution in [0.1, 0.15) is 67.6 Å². The number of aliphatic carboxylic acids is 1. The molecular weight excluding hydrogens is 516 g/mol. The molecule has 8 heteroatoms. The second-order valence-electron chi connectivity index (χ2n) is 11.0. The molecule has 5 rings (SSSR count). The van der Waals surface area contributed by atoms with Crippen LogP contribution in [-0.2, 0) is 21.6 Å². The lowest BCUT2D eigenvalue weighted by Gasteiger charge is -2.32. The van der Waals surface area contributed by atoms with Gasteiger partial charge < -0.3 is 19.3 Å². The van der Waals surface area contributed by atoms with E-state index in [1.54, 1.807) is 31.4 Å². The van der Waals surface area contributed by atoms with E-state index in [4.69, 9.17) is 14.2 Å². The Labute approximate surface area is 233 Å². The van der Waals surface area contributed by atoms with E-state index in [1.165, 1.54) is 13.3 Å². The lowest BCUT2D eigenvalue weighted by molar-refractivity contribution is -0.137. The Morgan fingerprint density at radius 1 is 1.10 bits per heavy atom. The van der Waals surface area contributed by atoms with Crippen molar-refractivity contribution >= 4 is 5.97 Å². The predicted molar refractivity (Wildman–Crippen MR) is 147 cm³/mol. The molecule has 0 amide bonds. The zero-order chi connectivity index (χ0) is 28.3. The van der Waals surface area contributed by atoms with Gasteiger partial charge in [-0.2, -0.15) is 0 Å². The number of nitrogens with zero attached hydrogens (tertiary/aromatic N) is 1. The van der Waals surface area contributed by atoms with Gasteiger partial charge in [-0.1, -0.05) is 43.2 Å². The molecule has 1 N–H and O–H groups in total. The van der Waals surface area contributed by atoms with Crippen molar-refractivity contribution in [3.8, 4) is 22.8 Å². The summed E-state index contributed by atoms with van der Waals surface area (Å²) in [5.41, 5.74) is 3.03. The number of benzene rings is 2. The quantitative estimate of drug-likeness (QED) is 0.260. The highest BCUT2D eigenvalue weighted by atomic mass is 19.1. The molecule has 1 heterocycles. The summed E-state index contributed by atoms with van der Waals surface area (Å²) in [7, 11) is 3.18. The lowest BCUT2D eigenvalue weighted by atomic mass is 9.75. The Morgan fingerprint density at radius 3 is 2.55 bits per heavy atom. The third-order valence-electron chi connectivity index (χ3n) is 8.34. The Kier molecular flexibility index (Phi) is 8.35. The average Bonchev–Trinajstić information content (AvgIpc) is 3.69. The maximum atomic E-state index is 15.6. The van der Waals surface area contributed by atoms with Gasteiger partial charge in [0.15, 0.2) is 11.6 Å². The fourth-order valence-electron chi connectivity index (χ4n) is 6.22. The summed E-state index contributed by atoms with van der Waals surface area (Å²) in [6, 6.07) is 12.3. The largest absolute Gasteiger partial charge is 0.486 e. The van der Waals surface area contributed by atoms with E-state index in [0.29, 0.717) is 23.6 Å². The molecule has 0 radical (unpaired) electrons. The minimum absolute atomic E-state index is 0.0940. The maximum Gasteiger partial charge on any atom is 0.303 e. The van der Waals surface area contributed by atoms with Crippen molar-refractivity contribution in [1.82, 2.24) is 4.98 Å². The third-order valence-corrected chi connectivity index (χ3v) is 8.34. The van der Waals surface area contributed by atoms with Crippen LogP contribution in [0.25, 0.3) is 11.1 Å². The molecule has 0 bridgehead atoms. The van der Waals surface area contributed by atoms with Crippen molar-refractivity contribution in [1.29, 1.82) is 0 Å². The van der Waals surface area contributed by atoms with E-state index >= 15 is 8.78 Å². The topological polar surface area (TPSA) is 77.9 Å². The average molecular weight is 552 g/mol. The Balaban J connectivity index is 1.48. The molecule has 2 aliphatic rings. The molecule has 1 unspecified atom stereocenters. The molecule has 2 aliphatic carbocycles. The van der Waals surface area contributed by atoms with Crippen LogP contribution >= 0.6 is 0 Å². The predicted octanol–water partition coefficient (Wildman–Crippen LogP) is 7.04. The first-order valence-corrected chi connectivity index (χ1v) is 13.8. The number of halogens is 2. The zero-order valence-electron chi connectivity index (χ0n) is 22.9. The standard InChI is InChI=1S/C32H35F2NO5/c1-38-19-32(12-3-4-13-32)26-14-20(8-11-22(26)25-15-29(39-2)35-17-27(25)33)18-40-28-7-5-6-23(31(28)34)24(16-30(36)37)21-9-10-21/h5-8,11,14-15,17,21,24H,3-4,9-10,12-13,16,18-19H2,1-2H3,(H,36,37). The highest BCUT2D eigenvalue weighted by Crippen LogP contribution is 2.47. The molecule has 3 aromatic rings. The smallest absolute Gasteiger partial charge is 0.303 e. The van der Waals surface area contributed by atoms with E-state index in [2.05, 4.69) is 4.98 Å². The molecule has 212 valence electrons. The summed E-state index contributed by atoms with van der Waals surface area (Å²) in [6.45, 7) is 0.600. The van der Waals surface area contributed by atoms with E-state index in [0.717, 1.165) is 55.2 Å². The Hall–Kier alpha value is -3.52. The summed E-state index contributed by atoms with van der Waals surface area (Å²) in [5.74, 6) is -1.64. The molecule has 0 aliphatic heterocycles. The fraction of sp³-hybridized carbons (Fsp3) is 0.438. The molecular formula is C32H35F2NO5. The molecule has 1 aromatic heterocycles. The number of rotatable bonds is 12. The lowest BCUT2D eigenvalue weighted by Crippen LogP contribution is -2.29. The van der Waals surface area contributed by atoms with Crippen molar-refractivity contribution < 1.29 is 32.9 Å². The van der Waals surface area contributed by atoms with Gasteiger partial charge in [-0.25, -0.2) is 13.8 Å². The second-order valence-corrected chi connectivity index (χ2v) is 11.0. The van der Waals surface area contributed by atoms with Crippen LogP contribution < -0.4 is 9.47 Å². The first kappa shape index (κ1) is 28.0. The van der Waals surface area contributed by atoms with Gasteiger partial charge >= 0.3 is 5.97 Å². The first-order chi connectivity index (χ1) is 19.3. The zero-order valence-corrected chi connectivity index (χ0v) is 22.9. The summed E-state index contributed by atoms with van der Waals surface area (Å²) >= 11 is 0. The summed E-state index contributed by atoms with van der Waals surface area (Å²) < 4.78 is 47.5. The second kappa shape index (κ2) is 11.9. The van der Waals surface area contributed by atoms with Crippen molar-refractivity contribution in [2.24, 2.45) is 5.92 Å². The van der Waals surface area contributed by atoms with Gasteiger partial charge in [0, 0.05) is 30.1 Å². The molecule has 40 heavy (non-hydrogen) atoms. The van der Waals surface area contributed by atoms with Crippen molar-refractivity contribution in [2.75, 3.05) is 20.8 Å². The van der Waals surface area contributed by atoms with Crippen LogP contribution in [0.3, 0.4) is 0 Å². The summed E-state index contributed by atoms with van der Waals surface area (Å²) in [5, 5.41) is 9.36. The van der Waals surface area contributed by atoms with E-state index in [-0.39, 0.29) is 36.0 Å². The molecule has 2 fully saturated rings. The third kappa shape index (κ3) is 5.82. The number of hydrogen-bond donors (Lipinski definition) is 1. The van der Waals surface area contributed by atoms with Gasteiger partial charge in [-0.3, -0.25) is 4.79 Å². The van der Waals surface area contributed by atoms with Crippen LogP contribution in [0, 0.1) is 17.6 Å². The number of methoxy groups -OCH3 is 2. The van der Waals surface area contributed by atoms with Crippen molar-refractivity contribution in [3.63, 3.8) is 0 Å². The van der Waals surface area contributed by atoms with Crippen molar-refractivity contribution in [3.05, 3.63) is 77.0 Å². The monoisotopic (exact) mass is 551 g/mol. The van der Waals surface area contributed by atoms with Gasteiger partial charge in [0.1, 0.15) is 12.4 Å². The number of hydrogen-bond acceptors (Lipinski definition) is 5. The normalized spacial score (nSPS) is 17.0. The number of ether oxygens (including phenoxy) is 3. The van der Waals surface area contributed by atoms with Crippen molar-refractivity contribution in [2.45, 2.75) is 62.9 Å². The fourth-order valence-corrected chi connectivity index (χ4v) is 6.22. The first-order valence-electron chi connectivity index (χ1n) is 13.8. The molecule has 1 atom stereocenters. The van der Waals surface area contributed by atoms with Gasteiger partial charge in [0.25, 0.3) is 0 Å². The molecule has 6 nitrogen and oxygen atoms in total. The van der Waals surface area contributed by atoms with Crippen LogP contribution in [-0.4, -0.2) is 36.9 Å². The summed E-state index contributed by atoms with van der Waals surface area (Å²) in [6.07, 6.45) is 6.78. The van der Waals surface area contributed by atoms with E-state index < -0.39 is 17.6 Å². The van der Waals surface area contributed by atoms with Gasteiger partial charge in [0.05, 0.1) is 26.3 Å². The molecule has 2 aromatic carbocycles. The maximum absolute atomic E-state index is 15.6. The minimum atomic E-state index is -0.935. The van der Waals surface area contributed by atoms with Crippen LogP contribution in [0.5, 0.6) is 11.6 Å². The Bertz CT molecular complexity index is 1370. The minimum Gasteiger partial charge on any atom is -0.486 e. The van der Waals surface area contributed by atoms with E-state index in [1.807, 2.05) is 18.2 Å². The van der Waals surface area contributed by atoms with E-state index in [9.17, 15) is 9.90 Å². The van der Waals surface area contributed by atoms with Crippen LogP contribution in [0.4, 0.5) is 8.78 Å². The number of aromatic nitrogens is 1. The number of carbonyl (C=O) groups is 1. The molecule has 0 spiro atoms. The SMILES string of the molecule is COCC1(c2cc(COc3cccc(C(CC(=O)O)C4CC4)c3F)ccc2-c2cc(OC)ncc2F)CCCC1. The van der Waals surface area contributed by atoms with Gasteiger partial charge in [0.2, 0.25) is 5.88 Å². The highest BCUT2D eigenvalue weighted by molar-refractivity contribution is 5.71. The number of carboxylic acids is 1. The molecule has 2 saturated carbocycles.